The molecule has 3 rings (SSSR count). The number of rotatable bonds is 7. The lowest BCUT2D eigenvalue weighted by atomic mass is 10.2. The Morgan fingerprint density at radius 2 is 1.96 bits per heavy atom. The van der Waals surface area contributed by atoms with Gasteiger partial charge < -0.3 is 10.1 Å². The van der Waals surface area contributed by atoms with Gasteiger partial charge >= 0.3 is 0 Å². The van der Waals surface area contributed by atoms with Crippen molar-refractivity contribution in [1.82, 2.24) is 15.1 Å². The van der Waals surface area contributed by atoms with Crippen molar-refractivity contribution in [3.05, 3.63) is 69.8 Å². The molecule has 1 N–H and O–H groups in total. The van der Waals surface area contributed by atoms with E-state index in [1.54, 1.807) is 41.7 Å². The number of thiophene rings is 1. The molecule has 0 saturated heterocycles. The van der Waals surface area contributed by atoms with E-state index in [4.69, 9.17) is 4.74 Å². The zero-order valence-electron chi connectivity index (χ0n) is 15.2. The molecule has 3 aromatic rings. The van der Waals surface area contributed by atoms with E-state index in [0.717, 1.165) is 16.3 Å². The predicted molar refractivity (Wildman–Crippen MR) is 106 cm³/mol. The second-order valence-electron chi connectivity index (χ2n) is 6.20. The Balaban J connectivity index is 1.58. The van der Waals surface area contributed by atoms with Gasteiger partial charge in [-0.1, -0.05) is 6.07 Å². The number of hydrogen-bond donors (Lipinski definition) is 1. The molecule has 0 unspecified atom stereocenters. The minimum Gasteiger partial charge on any atom is -0.491 e. The van der Waals surface area contributed by atoms with Crippen molar-refractivity contribution in [3.8, 4) is 16.3 Å². The lowest BCUT2D eigenvalue weighted by Gasteiger charge is -2.10. The molecule has 7 heteroatoms. The van der Waals surface area contributed by atoms with Gasteiger partial charge in [-0.3, -0.25) is 9.59 Å². The van der Waals surface area contributed by atoms with E-state index in [1.165, 1.54) is 10.7 Å². The highest BCUT2D eigenvalue weighted by Gasteiger charge is 2.08. The quantitative estimate of drug-likeness (QED) is 0.680. The molecular formula is C20H21N3O3S. The molecule has 2 heterocycles. The van der Waals surface area contributed by atoms with Gasteiger partial charge in [0.05, 0.1) is 17.5 Å². The first-order chi connectivity index (χ1) is 13.0. The summed E-state index contributed by atoms with van der Waals surface area (Å²) in [6.45, 7) is 4.51. The van der Waals surface area contributed by atoms with Gasteiger partial charge in [-0.2, -0.15) is 5.10 Å². The van der Waals surface area contributed by atoms with E-state index in [0.29, 0.717) is 18.7 Å². The number of amides is 1. The van der Waals surface area contributed by atoms with Crippen LogP contribution in [0.5, 0.6) is 5.75 Å². The molecule has 0 aliphatic rings. The summed E-state index contributed by atoms with van der Waals surface area (Å²) in [7, 11) is 0. The van der Waals surface area contributed by atoms with E-state index < -0.39 is 0 Å². The Kier molecular flexibility index (Phi) is 6.03. The van der Waals surface area contributed by atoms with Crippen molar-refractivity contribution >= 4 is 17.2 Å². The predicted octanol–water partition coefficient (Wildman–Crippen LogP) is 3.19. The van der Waals surface area contributed by atoms with E-state index in [2.05, 4.69) is 10.4 Å². The van der Waals surface area contributed by atoms with E-state index in [1.807, 2.05) is 31.4 Å². The van der Waals surface area contributed by atoms with Crippen LogP contribution in [0.1, 0.15) is 24.2 Å². The molecule has 1 aromatic carbocycles. The van der Waals surface area contributed by atoms with Crippen LogP contribution in [0.4, 0.5) is 0 Å². The summed E-state index contributed by atoms with van der Waals surface area (Å²) in [5.41, 5.74) is 1.09. The average Bonchev–Trinajstić information content (AvgIpc) is 3.18. The number of aromatic nitrogens is 2. The third-order valence-electron chi connectivity index (χ3n) is 3.74. The first kappa shape index (κ1) is 18.8. The number of hydrogen-bond acceptors (Lipinski definition) is 5. The van der Waals surface area contributed by atoms with Crippen LogP contribution in [0.2, 0.25) is 0 Å². The lowest BCUT2D eigenvalue weighted by Crippen LogP contribution is -2.31. The van der Waals surface area contributed by atoms with Crippen molar-refractivity contribution in [1.29, 1.82) is 0 Å². The molecule has 1 amide bonds. The number of nitrogens with zero attached hydrogens (tertiary/aromatic N) is 2. The molecular weight excluding hydrogens is 362 g/mol. The summed E-state index contributed by atoms with van der Waals surface area (Å²) >= 11 is 1.56. The van der Waals surface area contributed by atoms with Gasteiger partial charge in [0.1, 0.15) is 11.4 Å². The monoisotopic (exact) mass is 383 g/mol. The standard InChI is InChI=1S/C20H21N3O3S/c1-14(2)26-16-7-5-15(6-8-16)20(25)21-11-12-23-19(24)10-9-17(22-23)18-4-3-13-27-18/h3-10,13-14H,11-12H2,1-2H3,(H,21,25). The molecule has 0 aliphatic carbocycles. The van der Waals surface area contributed by atoms with Crippen LogP contribution in [-0.2, 0) is 6.54 Å². The fourth-order valence-electron chi connectivity index (χ4n) is 2.50. The molecule has 0 aliphatic heterocycles. The normalized spacial score (nSPS) is 10.8. The summed E-state index contributed by atoms with van der Waals surface area (Å²) in [5, 5.41) is 9.14. The first-order valence-corrected chi connectivity index (χ1v) is 9.58. The van der Waals surface area contributed by atoms with Crippen molar-refractivity contribution in [3.63, 3.8) is 0 Å². The van der Waals surface area contributed by atoms with Crippen LogP contribution in [0.25, 0.3) is 10.6 Å². The van der Waals surface area contributed by atoms with Gasteiger partial charge in [0.25, 0.3) is 11.5 Å². The summed E-state index contributed by atoms with van der Waals surface area (Å²) < 4.78 is 6.94. The Hall–Kier alpha value is -2.93. The second-order valence-corrected chi connectivity index (χ2v) is 7.15. The maximum absolute atomic E-state index is 12.2. The molecule has 27 heavy (non-hydrogen) atoms. The van der Waals surface area contributed by atoms with E-state index in [9.17, 15) is 9.59 Å². The Morgan fingerprint density at radius 1 is 1.19 bits per heavy atom. The lowest BCUT2D eigenvalue weighted by molar-refractivity contribution is 0.0951. The smallest absolute Gasteiger partial charge is 0.266 e. The van der Waals surface area contributed by atoms with Crippen molar-refractivity contribution < 1.29 is 9.53 Å². The number of carbonyl (C=O) groups excluding carboxylic acids is 1. The van der Waals surface area contributed by atoms with Gasteiger partial charge in [-0.05, 0) is 55.6 Å². The zero-order chi connectivity index (χ0) is 19.2. The van der Waals surface area contributed by atoms with Crippen LogP contribution < -0.4 is 15.6 Å². The fraction of sp³-hybridized carbons (Fsp3) is 0.250. The Morgan fingerprint density at radius 3 is 2.63 bits per heavy atom. The minimum atomic E-state index is -0.200. The van der Waals surface area contributed by atoms with Crippen molar-refractivity contribution in [2.45, 2.75) is 26.5 Å². The van der Waals surface area contributed by atoms with Crippen molar-refractivity contribution in [2.75, 3.05) is 6.54 Å². The third-order valence-corrected chi connectivity index (χ3v) is 4.63. The largest absolute Gasteiger partial charge is 0.491 e. The molecule has 0 atom stereocenters. The van der Waals surface area contributed by atoms with Crippen LogP contribution in [0.3, 0.4) is 0 Å². The maximum atomic E-state index is 12.2. The molecule has 0 bridgehead atoms. The van der Waals surface area contributed by atoms with Crippen LogP contribution in [0, 0.1) is 0 Å². The SMILES string of the molecule is CC(C)Oc1ccc(C(=O)NCCn2nc(-c3cccs3)ccc2=O)cc1. The van der Waals surface area contributed by atoms with Gasteiger partial charge in [0.15, 0.2) is 0 Å². The third kappa shape index (κ3) is 5.04. The highest BCUT2D eigenvalue weighted by atomic mass is 32.1. The number of carbonyl (C=O) groups is 1. The van der Waals surface area contributed by atoms with Crippen LogP contribution in [-0.4, -0.2) is 28.3 Å². The van der Waals surface area contributed by atoms with Gasteiger partial charge in [-0.15, -0.1) is 11.3 Å². The molecule has 2 aromatic heterocycles. The van der Waals surface area contributed by atoms with Crippen LogP contribution >= 0.6 is 11.3 Å². The summed E-state index contributed by atoms with van der Waals surface area (Å²) in [5.74, 6) is 0.524. The molecule has 0 fully saturated rings. The Labute approximate surface area is 161 Å². The highest BCUT2D eigenvalue weighted by Crippen LogP contribution is 2.21. The molecule has 6 nitrogen and oxygen atoms in total. The average molecular weight is 383 g/mol. The molecule has 0 saturated carbocycles. The topological polar surface area (TPSA) is 73.2 Å². The molecule has 0 radical (unpaired) electrons. The summed E-state index contributed by atoms with van der Waals surface area (Å²) in [6, 6.07) is 14.1. The summed E-state index contributed by atoms with van der Waals surface area (Å²) in [6.07, 6.45) is 0.0837. The van der Waals surface area contributed by atoms with Gasteiger partial charge in [0, 0.05) is 18.2 Å². The molecule has 0 spiro atoms. The number of ether oxygens (including phenoxy) is 1. The van der Waals surface area contributed by atoms with E-state index >= 15 is 0 Å². The van der Waals surface area contributed by atoms with Gasteiger partial charge in [0.2, 0.25) is 0 Å². The highest BCUT2D eigenvalue weighted by molar-refractivity contribution is 7.13. The van der Waals surface area contributed by atoms with E-state index in [-0.39, 0.29) is 17.6 Å². The summed E-state index contributed by atoms with van der Waals surface area (Å²) in [4.78, 5) is 25.2. The molecule has 140 valence electrons. The Bertz CT molecular complexity index is 947. The minimum absolute atomic E-state index is 0.0837. The second kappa shape index (κ2) is 8.64. The van der Waals surface area contributed by atoms with Crippen molar-refractivity contribution in [2.24, 2.45) is 0 Å². The first-order valence-electron chi connectivity index (χ1n) is 8.70. The maximum Gasteiger partial charge on any atom is 0.266 e. The zero-order valence-corrected chi connectivity index (χ0v) is 16.0. The number of benzene rings is 1. The number of nitrogens with one attached hydrogen (secondary N) is 1. The van der Waals surface area contributed by atoms with Gasteiger partial charge in [-0.25, -0.2) is 4.68 Å². The van der Waals surface area contributed by atoms with Crippen LogP contribution in [0.15, 0.2) is 58.7 Å². The fourth-order valence-corrected chi connectivity index (χ4v) is 3.19.